The molecule has 6 N–H and O–H groups in total. The molecule has 114 valence electrons. The molecule has 0 radical (unpaired) electrons. The third kappa shape index (κ3) is 3.63. The molecule has 0 atom stereocenters. The summed E-state index contributed by atoms with van der Waals surface area (Å²) in [4.78, 5) is 19.1. The van der Waals surface area contributed by atoms with Gasteiger partial charge in [0.05, 0.1) is 12.8 Å². The number of carbonyl (C=O) groups is 1. The molecule has 0 saturated carbocycles. The second-order valence-corrected chi connectivity index (χ2v) is 4.21. The average Bonchev–Trinajstić information content (AvgIpc) is 2.95. The Morgan fingerprint density at radius 2 is 1.95 bits per heavy atom. The van der Waals surface area contributed by atoms with Crippen LogP contribution in [-0.2, 0) is 4.74 Å². The minimum absolute atomic E-state index is 0.0631. The van der Waals surface area contributed by atoms with E-state index in [0.29, 0.717) is 17.0 Å². The maximum Gasteiger partial charge on any atom is 0.373 e. The van der Waals surface area contributed by atoms with Crippen molar-refractivity contribution in [2.75, 3.05) is 7.11 Å². The molecule has 0 bridgehead atoms. The molecule has 0 spiro atoms. The molecule has 22 heavy (non-hydrogen) atoms. The van der Waals surface area contributed by atoms with E-state index in [2.05, 4.69) is 14.7 Å². The first-order valence-electron chi connectivity index (χ1n) is 6.22. The number of hydrogen-bond donors (Lipinski definition) is 3. The van der Waals surface area contributed by atoms with Gasteiger partial charge in [0.15, 0.2) is 5.96 Å². The van der Waals surface area contributed by atoms with Crippen LogP contribution in [0.3, 0.4) is 0 Å². The summed E-state index contributed by atoms with van der Waals surface area (Å²) in [6.07, 6.45) is 0. The van der Waals surface area contributed by atoms with Crippen LogP contribution in [-0.4, -0.2) is 25.0 Å². The molecular weight excluding hydrogens is 286 g/mol. The monoisotopic (exact) mass is 301 g/mol. The number of furan rings is 1. The Balaban J connectivity index is 2.31. The Kier molecular flexibility index (Phi) is 4.42. The van der Waals surface area contributed by atoms with Crippen LogP contribution in [0.5, 0.6) is 0 Å². The number of benzene rings is 1. The van der Waals surface area contributed by atoms with Gasteiger partial charge in [0.25, 0.3) is 0 Å². The first-order chi connectivity index (χ1) is 10.5. The fraction of sp³-hybridized carbons (Fsp3) is 0.0714. The van der Waals surface area contributed by atoms with Gasteiger partial charge in [-0.05, 0) is 24.3 Å². The van der Waals surface area contributed by atoms with Gasteiger partial charge in [-0.2, -0.15) is 4.99 Å². The topological polar surface area (TPSA) is 142 Å². The molecule has 0 fully saturated rings. The fourth-order valence-corrected chi connectivity index (χ4v) is 1.72. The standard InChI is InChI=1S/C14H15N5O3/c1-21-12(20)11-6-5-10(22-11)8-3-2-4-9(7-8)18-14(17)19-13(15)16/h2-7H,1H3,(H6,15,16,17,18,19). The molecule has 0 aliphatic rings. The average molecular weight is 301 g/mol. The molecule has 0 aliphatic heterocycles. The zero-order chi connectivity index (χ0) is 16.1. The van der Waals surface area contributed by atoms with Gasteiger partial charge in [-0.25, -0.2) is 9.79 Å². The minimum Gasteiger partial charge on any atom is -0.463 e. The molecule has 8 nitrogen and oxygen atoms in total. The highest BCUT2D eigenvalue weighted by atomic mass is 16.5. The summed E-state index contributed by atoms with van der Waals surface area (Å²) in [5, 5.41) is 0. The van der Waals surface area contributed by atoms with Crippen LogP contribution >= 0.6 is 0 Å². The third-order valence-electron chi connectivity index (χ3n) is 2.61. The summed E-state index contributed by atoms with van der Waals surface area (Å²) in [6.45, 7) is 0. The van der Waals surface area contributed by atoms with E-state index in [1.54, 1.807) is 30.3 Å². The number of guanidine groups is 2. The van der Waals surface area contributed by atoms with Gasteiger partial charge in [-0.15, -0.1) is 0 Å². The predicted octanol–water partition coefficient (Wildman–Crippen LogP) is 0.953. The molecular formula is C14H15N5O3. The molecule has 1 aromatic heterocycles. The zero-order valence-electron chi connectivity index (χ0n) is 11.8. The lowest BCUT2D eigenvalue weighted by molar-refractivity contribution is 0.0566. The fourth-order valence-electron chi connectivity index (χ4n) is 1.72. The Morgan fingerprint density at radius 3 is 2.64 bits per heavy atom. The van der Waals surface area contributed by atoms with E-state index < -0.39 is 5.97 Å². The second kappa shape index (κ2) is 6.44. The quantitative estimate of drug-likeness (QED) is 0.437. The smallest absolute Gasteiger partial charge is 0.373 e. The van der Waals surface area contributed by atoms with E-state index in [0.717, 1.165) is 0 Å². The summed E-state index contributed by atoms with van der Waals surface area (Å²) in [7, 11) is 1.28. The zero-order valence-corrected chi connectivity index (χ0v) is 11.8. The van der Waals surface area contributed by atoms with E-state index in [1.807, 2.05) is 0 Å². The Bertz CT molecular complexity index is 744. The van der Waals surface area contributed by atoms with Gasteiger partial charge < -0.3 is 26.4 Å². The summed E-state index contributed by atoms with van der Waals surface area (Å²) >= 11 is 0. The van der Waals surface area contributed by atoms with Crippen LogP contribution in [0.2, 0.25) is 0 Å². The van der Waals surface area contributed by atoms with Crippen molar-refractivity contribution in [2.24, 2.45) is 27.2 Å². The molecule has 1 aromatic carbocycles. The normalized spacial score (nSPS) is 11.0. The number of ether oxygens (including phenoxy) is 1. The van der Waals surface area contributed by atoms with Crippen LogP contribution in [0.25, 0.3) is 11.3 Å². The van der Waals surface area contributed by atoms with Gasteiger partial charge in [0, 0.05) is 5.56 Å². The van der Waals surface area contributed by atoms with Crippen LogP contribution in [0.15, 0.2) is 50.8 Å². The number of esters is 1. The largest absolute Gasteiger partial charge is 0.463 e. The van der Waals surface area contributed by atoms with Crippen LogP contribution in [0.1, 0.15) is 10.6 Å². The highest BCUT2D eigenvalue weighted by Gasteiger charge is 2.12. The molecule has 0 aliphatic carbocycles. The van der Waals surface area contributed by atoms with Crippen molar-refractivity contribution in [2.45, 2.75) is 0 Å². The van der Waals surface area contributed by atoms with Crippen molar-refractivity contribution in [3.8, 4) is 11.3 Å². The summed E-state index contributed by atoms with van der Waals surface area (Å²) < 4.78 is 10.0. The number of aliphatic imine (C=N–C) groups is 2. The van der Waals surface area contributed by atoms with E-state index >= 15 is 0 Å². The van der Waals surface area contributed by atoms with Crippen LogP contribution in [0, 0.1) is 0 Å². The molecule has 2 aromatic rings. The van der Waals surface area contributed by atoms with Crippen molar-refractivity contribution >= 4 is 23.6 Å². The molecule has 2 rings (SSSR count). The summed E-state index contributed by atoms with van der Waals surface area (Å²) in [6, 6.07) is 10.2. The van der Waals surface area contributed by atoms with Crippen molar-refractivity contribution in [1.82, 2.24) is 0 Å². The number of nitrogens with zero attached hydrogens (tertiary/aromatic N) is 2. The summed E-state index contributed by atoms with van der Waals surface area (Å²) in [5.41, 5.74) is 17.3. The Hall–Kier alpha value is -3.29. The Labute approximate surface area is 126 Å². The number of hydrogen-bond acceptors (Lipinski definition) is 4. The molecule has 0 unspecified atom stereocenters. The van der Waals surface area contributed by atoms with Crippen molar-refractivity contribution < 1.29 is 13.9 Å². The van der Waals surface area contributed by atoms with Gasteiger partial charge in [-0.3, -0.25) is 0 Å². The second-order valence-electron chi connectivity index (χ2n) is 4.21. The lowest BCUT2D eigenvalue weighted by Gasteiger charge is -2.00. The number of nitrogens with two attached hydrogens (primary N) is 3. The van der Waals surface area contributed by atoms with Crippen LogP contribution < -0.4 is 17.2 Å². The van der Waals surface area contributed by atoms with Crippen molar-refractivity contribution in [3.63, 3.8) is 0 Å². The number of carbonyl (C=O) groups excluding carboxylic acids is 1. The van der Waals surface area contributed by atoms with E-state index in [1.165, 1.54) is 13.2 Å². The minimum atomic E-state index is -0.544. The van der Waals surface area contributed by atoms with E-state index in [-0.39, 0.29) is 17.7 Å². The number of methoxy groups -OCH3 is 1. The highest BCUT2D eigenvalue weighted by Crippen LogP contribution is 2.26. The lowest BCUT2D eigenvalue weighted by atomic mass is 10.1. The third-order valence-corrected chi connectivity index (χ3v) is 2.61. The first-order valence-corrected chi connectivity index (χ1v) is 6.22. The number of rotatable bonds is 3. The van der Waals surface area contributed by atoms with Gasteiger partial charge >= 0.3 is 5.97 Å². The maximum atomic E-state index is 11.4. The van der Waals surface area contributed by atoms with Gasteiger partial charge in [0.2, 0.25) is 11.7 Å². The first kappa shape index (κ1) is 15.1. The Morgan fingerprint density at radius 1 is 1.18 bits per heavy atom. The highest BCUT2D eigenvalue weighted by molar-refractivity contribution is 5.93. The van der Waals surface area contributed by atoms with Crippen LogP contribution in [0.4, 0.5) is 5.69 Å². The van der Waals surface area contributed by atoms with Crippen molar-refractivity contribution in [1.29, 1.82) is 0 Å². The lowest BCUT2D eigenvalue weighted by Crippen LogP contribution is -2.26. The molecule has 8 heteroatoms. The van der Waals surface area contributed by atoms with Gasteiger partial charge in [0.1, 0.15) is 5.76 Å². The van der Waals surface area contributed by atoms with Crippen molar-refractivity contribution in [3.05, 3.63) is 42.2 Å². The molecule has 0 saturated heterocycles. The molecule has 0 amide bonds. The van der Waals surface area contributed by atoms with E-state index in [9.17, 15) is 4.79 Å². The maximum absolute atomic E-state index is 11.4. The molecule has 1 heterocycles. The van der Waals surface area contributed by atoms with Gasteiger partial charge in [-0.1, -0.05) is 12.1 Å². The SMILES string of the molecule is COC(=O)c1ccc(-c2cccc(N=C(N)N=C(N)N)c2)o1. The summed E-state index contributed by atoms with van der Waals surface area (Å²) in [5.74, 6) is -0.167. The van der Waals surface area contributed by atoms with E-state index in [4.69, 9.17) is 21.6 Å². The predicted molar refractivity (Wildman–Crippen MR) is 82.6 cm³/mol.